The molecule has 1 spiro atoms. The summed E-state index contributed by atoms with van der Waals surface area (Å²) in [5.41, 5.74) is -0.119. The molecule has 0 aromatic carbocycles. The highest BCUT2D eigenvalue weighted by molar-refractivity contribution is 5.70. The number of nitroso groups, excluding NO2 is 1. The number of piperidine rings is 1. The Morgan fingerprint density at radius 2 is 1.94 bits per heavy atom. The summed E-state index contributed by atoms with van der Waals surface area (Å²) in [7, 11) is 0. The summed E-state index contributed by atoms with van der Waals surface area (Å²) >= 11 is 0. The van der Waals surface area contributed by atoms with Gasteiger partial charge in [-0.2, -0.15) is 0 Å². The lowest BCUT2D eigenvalue weighted by Gasteiger charge is -2.47. The zero-order chi connectivity index (χ0) is 11.6. The van der Waals surface area contributed by atoms with Gasteiger partial charge >= 0.3 is 5.97 Å². The summed E-state index contributed by atoms with van der Waals surface area (Å²) in [5, 5.41) is 13.6. The van der Waals surface area contributed by atoms with E-state index in [9.17, 15) is 9.70 Å². The van der Waals surface area contributed by atoms with E-state index in [0.717, 1.165) is 32.1 Å². The standard InChI is InChI=1S/C11H18N2O3/c14-10(15)9-4-7-11(13(8-9)12-16)5-2-1-3-6-11/h9H,1-8H2,(H,14,15). The average Bonchev–Trinajstić information content (AvgIpc) is 2.30. The summed E-state index contributed by atoms with van der Waals surface area (Å²) in [6, 6.07) is 0. The zero-order valence-electron chi connectivity index (χ0n) is 9.39. The van der Waals surface area contributed by atoms with E-state index < -0.39 is 11.9 Å². The molecule has 2 rings (SSSR count). The Morgan fingerprint density at radius 1 is 1.25 bits per heavy atom. The van der Waals surface area contributed by atoms with Crippen LogP contribution in [-0.2, 0) is 4.79 Å². The van der Waals surface area contributed by atoms with Gasteiger partial charge in [0.25, 0.3) is 0 Å². The van der Waals surface area contributed by atoms with Crippen molar-refractivity contribution in [1.82, 2.24) is 5.01 Å². The van der Waals surface area contributed by atoms with Gasteiger partial charge in [0.15, 0.2) is 0 Å². The molecule has 16 heavy (non-hydrogen) atoms. The van der Waals surface area contributed by atoms with Gasteiger partial charge in [0.05, 0.1) is 23.3 Å². The zero-order valence-corrected chi connectivity index (χ0v) is 9.39. The Morgan fingerprint density at radius 3 is 2.50 bits per heavy atom. The molecular formula is C11H18N2O3. The van der Waals surface area contributed by atoms with Crippen molar-refractivity contribution < 1.29 is 9.90 Å². The van der Waals surface area contributed by atoms with E-state index in [1.165, 1.54) is 11.4 Å². The van der Waals surface area contributed by atoms with Crippen molar-refractivity contribution in [1.29, 1.82) is 0 Å². The lowest BCUT2D eigenvalue weighted by atomic mass is 9.74. The van der Waals surface area contributed by atoms with Crippen molar-refractivity contribution >= 4 is 5.97 Å². The molecule has 1 saturated heterocycles. The molecule has 5 nitrogen and oxygen atoms in total. The van der Waals surface area contributed by atoms with Gasteiger partial charge in [0, 0.05) is 0 Å². The van der Waals surface area contributed by atoms with E-state index >= 15 is 0 Å². The van der Waals surface area contributed by atoms with E-state index in [-0.39, 0.29) is 5.54 Å². The largest absolute Gasteiger partial charge is 0.481 e. The van der Waals surface area contributed by atoms with E-state index in [2.05, 4.69) is 5.29 Å². The minimum absolute atomic E-state index is 0.119. The minimum atomic E-state index is -0.806. The van der Waals surface area contributed by atoms with Gasteiger partial charge in [-0.05, 0) is 25.7 Å². The van der Waals surface area contributed by atoms with Gasteiger partial charge in [-0.1, -0.05) is 19.3 Å². The third-order valence-corrected chi connectivity index (χ3v) is 4.13. The summed E-state index contributed by atoms with van der Waals surface area (Å²) in [6.45, 7) is 0.291. The molecule has 1 heterocycles. The Hall–Kier alpha value is -1.13. The van der Waals surface area contributed by atoms with Crippen molar-refractivity contribution in [3.63, 3.8) is 0 Å². The lowest BCUT2D eigenvalue weighted by molar-refractivity contribution is -0.146. The van der Waals surface area contributed by atoms with E-state index in [1.54, 1.807) is 0 Å². The van der Waals surface area contributed by atoms with Crippen molar-refractivity contribution in [2.24, 2.45) is 11.2 Å². The number of carbonyl (C=O) groups is 1. The topological polar surface area (TPSA) is 70.0 Å². The Bertz CT molecular complexity index is 287. The summed E-state index contributed by atoms with van der Waals surface area (Å²) in [4.78, 5) is 21.8. The first-order valence-electron chi connectivity index (χ1n) is 6.02. The molecule has 0 bridgehead atoms. The van der Waals surface area contributed by atoms with Gasteiger partial charge in [-0.25, -0.2) is 0 Å². The molecule has 1 saturated carbocycles. The van der Waals surface area contributed by atoms with Crippen LogP contribution in [0.3, 0.4) is 0 Å². The molecule has 1 atom stereocenters. The van der Waals surface area contributed by atoms with Gasteiger partial charge in [-0.15, -0.1) is 4.91 Å². The minimum Gasteiger partial charge on any atom is -0.481 e. The fraction of sp³-hybridized carbons (Fsp3) is 0.909. The molecule has 0 aromatic heterocycles. The molecule has 0 amide bonds. The molecule has 1 unspecified atom stereocenters. The van der Waals surface area contributed by atoms with Crippen LogP contribution >= 0.6 is 0 Å². The maximum absolute atomic E-state index is 10.9. The van der Waals surface area contributed by atoms with Crippen LogP contribution in [0.1, 0.15) is 44.9 Å². The number of hydrogen-bond donors (Lipinski definition) is 1. The van der Waals surface area contributed by atoms with Gasteiger partial charge in [0.1, 0.15) is 0 Å². The summed E-state index contributed by atoms with van der Waals surface area (Å²) in [6.07, 6.45) is 6.94. The normalized spacial score (nSPS) is 29.0. The highest BCUT2D eigenvalue weighted by atomic mass is 16.4. The van der Waals surface area contributed by atoms with Crippen LogP contribution < -0.4 is 0 Å². The van der Waals surface area contributed by atoms with Crippen LogP contribution in [0.4, 0.5) is 0 Å². The maximum Gasteiger partial charge on any atom is 0.308 e. The third kappa shape index (κ3) is 1.90. The van der Waals surface area contributed by atoms with E-state index in [1.807, 2.05) is 0 Å². The second-order valence-corrected chi connectivity index (χ2v) is 5.02. The first-order valence-corrected chi connectivity index (χ1v) is 6.02. The number of hydrogen-bond acceptors (Lipinski definition) is 3. The number of aliphatic carboxylic acids is 1. The fourth-order valence-corrected chi connectivity index (χ4v) is 3.11. The smallest absolute Gasteiger partial charge is 0.308 e. The number of carboxylic acid groups (broad SMARTS) is 1. The van der Waals surface area contributed by atoms with Crippen LogP contribution in [0.5, 0.6) is 0 Å². The van der Waals surface area contributed by atoms with Crippen LogP contribution in [0.15, 0.2) is 5.29 Å². The summed E-state index contributed by atoms with van der Waals surface area (Å²) in [5.74, 6) is -1.23. The summed E-state index contributed by atoms with van der Waals surface area (Å²) < 4.78 is 0. The van der Waals surface area contributed by atoms with Gasteiger partial charge < -0.3 is 5.11 Å². The molecule has 1 N–H and O–H groups in total. The molecule has 1 aliphatic carbocycles. The lowest BCUT2D eigenvalue weighted by Crippen LogP contribution is -2.53. The van der Waals surface area contributed by atoms with Gasteiger partial charge in [-0.3, -0.25) is 9.80 Å². The predicted octanol–water partition coefficient (Wildman–Crippen LogP) is 2.17. The Balaban J connectivity index is 2.10. The molecule has 2 aliphatic rings. The first-order chi connectivity index (χ1) is 7.68. The van der Waals surface area contributed by atoms with Crippen molar-refractivity contribution in [3.8, 4) is 0 Å². The van der Waals surface area contributed by atoms with Crippen LogP contribution in [0, 0.1) is 10.8 Å². The molecule has 0 radical (unpaired) electrons. The molecule has 90 valence electrons. The van der Waals surface area contributed by atoms with Gasteiger partial charge in [0.2, 0.25) is 0 Å². The Kier molecular flexibility index (Phi) is 3.12. The van der Waals surface area contributed by atoms with E-state index in [0.29, 0.717) is 13.0 Å². The highest BCUT2D eigenvalue weighted by Crippen LogP contribution is 2.42. The fourth-order valence-electron chi connectivity index (χ4n) is 3.11. The van der Waals surface area contributed by atoms with Crippen molar-refractivity contribution in [2.45, 2.75) is 50.5 Å². The third-order valence-electron chi connectivity index (χ3n) is 4.13. The maximum atomic E-state index is 10.9. The molecular weight excluding hydrogens is 208 g/mol. The second kappa shape index (κ2) is 4.39. The quantitative estimate of drug-likeness (QED) is 0.732. The van der Waals surface area contributed by atoms with Crippen molar-refractivity contribution in [3.05, 3.63) is 4.91 Å². The molecule has 2 fully saturated rings. The van der Waals surface area contributed by atoms with E-state index in [4.69, 9.17) is 5.11 Å². The number of rotatable bonds is 2. The molecule has 5 heteroatoms. The number of carboxylic acids is 1. The van der Waals surface area contributed by atoms with Crippen LogP contribution in [0.25, 0.3) is 0 Å². The predicted molar refractivity (Wildman–Crippen MR) is 58.7 cm³/mol. The van der Waals surface area contributed by atoms with Crippen molar-refractivity contribution in [2.75, 3.05) is 6.54 Å². The highest BCUT2D eigenvalue weighted by Gasteiger charge is 2.44. The van der Waals surface area contributed by atoms with Crippen LogP contribution in [0.2, 0.25) is 0 Å². The number of nitrogens with zero attached hydrogens (tertiary/aromatic N) is 2. The Labute approximate surface area is 94.8 Å². The first kappa shape index (κ1) is 11.4. The average molecular weight is 226 g/mol. The molecule has 1 aliphatic heterocycles. The molecule has 0 aromatic rings. The monoisotopic (exact) mass is 226 g/mol. The van der Waals surface area contributed by atoms with Crippen LogP contribution in [-0.4, -0.2) is 28.2 Å². The SMILES string of the molecule is O=NN1CC(C(=O)O)CCC12CCCCC2. The second-order valence-electron chi connectivity index (χ2n) is 5.02.